The van der Waals surface area contributed by atoms with Crippen LogP contribution in [-0.4, -0.2) is 19.7 Å². The lowest BCUT2D eigenvalue weighted by Gasteiger charge is -1.82. The second-order valence-electron chi connectivity index (χ2n) is 1.86. The summed E-state index contributed by atoms with van der Waals surface area (Å²) in [5, 5.41) is 8.26. The highest BCUT2D eigenvalue weighted by atomic mass is 31.2. The van der Waals surface area contributed by atoms with Crippen molar-refractivity contribution in [3.8, 4) is 6.07 Å². The van der Waals surface area contributed by atoms with Gasteiger partial charge in [0.1, 0.15) is 0 Å². The number of nitriles is 1. The summed E-state index contributed by atoms with van der Waals surface area (Å²) in [5.41, 5.74) is 0.653. The molecule has 0 amide bonds. The average Bonchev–Trinajstić information content (AvgIpc) is 2.03. The van der Waals surface area contributed by atoms with Crippen LogP contribution in [0, 0.1) is 11.3 Å². The van der Waals surface area contributed by atoms with Crippen molar-refractivity contribution in [2.75, 3.05) is 0 Å². The van der Waals surface area contributed by atoms with Crippen molar-refractivity contribution in [1.29, 1.82) is 5.26 Å². The smallest absolute Gasteiger partial charge is 0.303 e. The van der Waals surface area contributed by atoms with E-state index in [0.29, 0.717) is 5.56 Å². The van der Waals surface area contributed by atoms with Crippen molar-refractivity contribution in [2.45, 2.75) is 0 Å². The molecule has 1 heterocycles. The second-order valence-corrected chi connectivity index (χ2v) is 2.89. The molecule has 0 atom stereocenters. The number of nitrogens with zero attached hydrogens (tertiary/aromatic N) is 2. The van der Waals surface area contributed by atoms with Crippen molar-refractivity contribution in [2.24, 2.45) is 0 Å². The fourth-order valence-electron chi connectivity index (χ4n) is 0.426. The Balaban J connectivity index is 0.000000252. The fourth-order valence-corrected chi connectivity index (χ4v) is 0.426. The Bertz CT molecular complexity index is 320. The lowest BCUT2D eigenvalue weighted by Crippen LogP contribution is -1.71. The Labute approximate surface area is 74.3 Å². The van der Waals surface area contributed by atoms with Crippen LogP contribution in [0.15, 0.2) is 24.5 Å². The first kappa shape index (κ1) is 11.8. The van der Waals surface area contributed by atoms with E-state index < -0.39 is 7.82 Å². The summed E-state index contributed by atoms with van der Waals surface area (Å²) in [4.78, 5) is 25.3. The van der Waals surface area contributed by atoms with Gasteiger partial charge in [-0.3, -0.25) is 4.98 Å². The van der Waals surface area contributed by atoms with E-state index in [1.165, 1.54) is 0 Å². The van der Waals surface area contributed by atoms with Gasteiger partial charge in [-0.1, -0.05) is 0 Å². The molecule has 3 N–H and O–H groups in total. The predicted octanol–water partition coefficient (Wildman–Crippen LogP) is 0.0247. The molecular weight excluding hydrogens is 195 g/mol. The molecule has 7 heteroatoms. The summed E-state index contributed by atoms with van der Waals surface area (Å²) in [5.74, 6) is 0. The van der Waals surface area contributed by atoms with Crippen molar-refractivity contribution in [3.63, 3.8) is 0 Å². The zero-order valence-corrected chi connectivity index (χ0v) is 7.30. The van der Waals surface area contributed by atoms with Crippen molar-refractivity contribution >= 4 is 7.82 Å². The Kier molecular flexibility index (Phi) is 4.89. The zero-order valence-electron chi connectivity index (χ0n) is 6.40. The van der Waals surface area contributed by atoms with Crippen molar-refractivity contribution in [3.05, 3.63) is 30.1 Å². The van der Waals surface area contributed by atoms with Crippen LogP contribution in [0.3, 0.4) is 0 Å². The maximum Gasteiger partial charge on any atom is 0.466 e. The van der Waals surface area contributed by atoms with Crippen LogP contribution in [0.25, 0.3) is 0 Å². The summed E-state index contributed by atoms with van der Waals surface area (Å²) in [7, 11) is -4.64. The number of phosphoric acid groups is 1. The first-order chi connectivity index (χ1) is 5.93. The molecule has 0 saturated carbocycles. The maximum absolute atomic E-state index is 8.88. The van der Waals surface area contributed by atoms with Gasteiger partial charge in [-0.05, 0) is 12.1 Å². The molecular formula is C6H7N2O4P. The first-order valence-electron chi connectivity index (χ1n) is 3.02. The zero-order chi connectivity index (χ0) is 10.3. The van der Waals surface area contributed by atoms with Crippen molar-refractivity contribution < 1.29 is 19.2 Å². The number of hydrogen-bond donors (Lipinski definition) is 3. The van der Waals surface area contributed by atoms with Gasteiger partial charge in [0, 0.05) is 12.4 Å². The molecule has 70 valence electrons. The van der Waals surface area contributed by atoms with E-state index in [9.17, 15) is 0 Å². The Hall–Kier alpha value is -1.25. The quantitative estimate of drug-likeness (QED) is 0.511. The molecule has 0 aliphatic rings. The van der Waals surface area contributed by atoms with Gasteiger partial charge in [-0.2, -0.15) is 5.26 Å². The standard InChI is InChI=1S/C6H4N2.H3O4P/c7-5-6-1-3-8-4-2-6;1-5(2,3)4/h1-4H;(H3,1,2,3,4). The SMILES string of the molecule is N#Cc1ccncc1.O=P(O)(O)O. The van der Waals surface area contributed by atoms with Crippen LogP contribution in [-0.2, 0) is 4.57 Å². The van der Waals surface area contributed by atoms with E-state index in [4.69, 9.17) is 24.5 Å². The number of aromatic nitrogens is 1. The van der Waals surface area contributed by atoms with Gasteiger partial charge >= 0.3 is 7.82 Å². The minimum atomic E-state index is -4.64. The number of pyridine rings is 1. The van der Waals surface area contributed by atoms with E-state index in [-0.39, 0.29) is 0 Å². The van der Waals surface area contributed by atoms with Crippen LogP contribution in [0.1, 0.15) is 5.56 Å². The normalized spacial score (nSPS) is 9.38. The highest BCUT2D eigenvalue weighted by molar-refractivity contribution is 7.45. The highest BCUT2D eigenvalue weighted by Gasteiger charge is 2.00. The highest BCUT2D eigenvalue weighted by Crippen LogP contribution is 2.25. The fraction of sp³-hybridized carbons (Fsp3) is 0. The first-order valence-corrected chi connectivity index (χ1v) is 4.58. The van der Waals surface area contributed by atoms with Crippen molar-refractivity contribution in [1.82, 2.24) is 4.98 Å². The minimum Gasteiger partial charge on any atom is -0.303 e. The Morgan fingerprint density at radius 3 is 1.92 bits per heavy atom. The van der Waals surface area contributed by atoms with Gasteiger partial charge < -0.3 is 14.7 Å². The summed E-state index contributed by atoms with van der Waals surface area (Å²) in [6.45, 7) is 0. The molecule has 6 nitrogen and oxygen atoms in total. The number of hydrogen-bond acceptors (Lipinski definition) is 3. The topological polar surface area (TPSA) is 114 Å². The van der Waals surface area contributed by atoms with E-state index in [1.54, 1.807) is 24.5 Å². The molecule has 0 aliphatic carbocycles. The minimum absolute atomic E-state index is 0.653. The molecule has 0 aliphatic heterocycles. The Morgan fingerprint density at radius 2 is 1.69 bits per heavy atom. The third-order valence-corrected chi connectivity index (χ3v) is 0.809. The van der Waals surface area contributed by atoms with Gasteiger partial charge in [0.2, 0.25) is 0 Å². The van der Waals surface area contributed by atoms with Gasteiger partial charge in [-0.15, -0.1) is 0 Å². The second kappa shape index (κ2) is 5.41. The predicted molar refractivity (Wildman–Crippen MR) is 43.2 cm³/mol. The van der Waals surface area contributed by atoms with Crippen LogP contribution in [0.4, 0.5) is 0 Å². The lowest BCUT2D eigenvalue weighted by atomic mass is 10.3. The van der Waals surface area contributed by atoms with Crippen LogP contribution in [0.5, 0.6) is 0 Å². The van der Waals surface area contributed by atoms with Gasteiger partial charge in [-0.25, -0.2) is 4.57 Å². The Morgan fingerprint density at radius 1 is 1.31 bits per heavy atom. The van der Waals surface area contributed by atoms with E-state index in [2.05, 4.69) is 4.98 Å². The molecule has 0 fully saturated rings. The van der Waals surface area contributed by atoms with E-state index >= 15 is 0 Å². The largest absolute Gasteiger partial charge is 0.466 e. The lowest BCUT2D eigenvalue weighted by molar-refractivity contribution is 0.275. The molecule has 1 aromatic rings. The summed E-state index contributed by atoms with van der Waals surface area (Å²) in [6.07, 6.45) is 3.19. The molecule has 0 radical (unpaired) electrons. The van der Waals surface area contributed by atoms with Crippen LogP contribution >= 0.6 is 7.82 Å². The molecule has 0 bridgehead atoms. The summed E-state index contributed by atoms with van der Waals surface area (Å²) < 4.78 is 8.88. The molecule has 1 aromatic heterocycles. The van der Waals surface area contributed by atoms with Crippen LogP contribution in [0.2, 0.25) is 0 Å². The molecule has 0 saturated heterocycles. The van der Waals surface area contributed by atoms with Crippen LogP contribution < -0.4 is 0 Å². The molecule has 0 spiro atoms. The maximum atomic E-state index is 8.88. The van der Waals surface area contributed by atoms with E-state index in [1.807, 2.05) is 6.07 Å². The van der Waals surface area contributed by atoms with E-state index in [0.717, 1.165) is 0 Å². The van der Waals surface area contributed by atoms with Gasteiger partial charge in [0.15, 0.2) is 0 Å². The molecule has 0 aromatic carbocycles. The summed E-state index contributed by atoms with van der Waals surface area (Å²) >= 11 is 0. The molecule has 1 rings (SSSR count). The average molecular weight is 202 g/mol. The monoisotopic (exact) mass is 202 g/mol. The third-order valence-electron chi connectivity index (χ3n) is 0.809. The van der Waals surface area contributed by atoms with Gasteiger partial charge in [0.05, 0.1) is 11.6 Å². The van der Waals surface area contributed by atoms with Gasteiger partial charge in [0.25, 0.3) is 0 Å². The number of rotatable bonds is 0. The molecule has 13 heavy (non-hydrogen) atoms. The third kappa shape index (κ3) is 10.8. The molecule has 0 unspecified atom stereocenters. The summed E-state index contributed by atoms with van der Waals surface area (Å²) in [6, 6.07) is 5.32.